The minimum Gasteiger partial charge on any atom is -0.309 e. The Balaban J connectivity index is 2.23. The van der Waals surface area contributed by atoms with Crippen molar-refractivity contribution in [3.8, 4) is 0 Å². The molecule has 0 aliphatic heterocycles. The molecule has 0 bridgehead atoms. The van der Waals surface area contributed by atoms with Gasteiger partial charge in [-0.25, -0.2) is 4.39 Å². The highest BCUT2D eigenvalue weighted by Gasteiger charge is 2.17. The Morgan fingerprint density at radius 3 is 2.74 bits per heavy atom. The molecule has 1 unspecified atom stereocenters. The summed E-state index contributed by atoms with van der Waals surface area (Å²) in [5, 5.41) is 4.08. The highest BCUT2D eigenvalue weighted by molar-refractivity contribution is 9.11. The number of hydrogen-bond donors (Lipinski definition) is 1. The molecule has 0 amide bonds. The lowest BCUT2D eigenvalue weighted by Crippen LogP contribution is -2.22. The highest BCUT2D eigenvalue weighted by atomic mass is 79.9. The lowest BCUT2D eigenvalue weighted by Gasteiger charge is -2.16. The smallest absolute Gasteiger partial charge is 0.126 e. The van der Waals surface area contributed by atoms with Gasteiger partial charge in [-0.15, -0.1) is 11.3 Å². The molecule has 0 fully saturated rings. The minimum atomic E-state index is -0.160. The Kier molecular flexibility index (Phi) is 5.39. The van der Waals surface area contributed by atoms with E-state index in [2.05, 4.69) is 21.2 Å². The van der Waals surface area contributed by atoms with Gasteiger partial charge in [-0.05, 0) is 46.6 Å². The van der Waals surface area contributed by atoms with Crippen molar-refractivity contribution >= 4 is 38.9 Å². The standard InChI is InChI=1S/C14H14BrClFNS/c1-2-18-12(13-8-10(16)14(15)19-13)7-9-5-3-4-6-11(9)17/h3-6,8,12,18H,2,7H2,1H3. The fourth-order valence-electron chi connectivity index (χ4n) is 1.94. The maximum atomic E-state index is 13.7. The van der Waals surface area contributed by atoms with Crippen LogP contribution in [0.4, 0.5) is 4.39 Å². The molecular formula is C14H14BrClFNS. The minimum absolute atomic E-state index is 0.0794. The average molecular weight is 363 g/mol. The van der Waals surface area contributed by atoms with Crippen LogP contribution >= 0.6 is 38.9 Å². The first-order valence-corrected chi connectivity index (χ1v) is 8.02. The normalized spacial score (nSPS) is 12.6. The van der Waals surface area contributed by atoms with Crippen LogP contribution < -0.4 is 5.32 Å². The van der Waals surface area contributed by atoms with Crippen LogP contribution in [0.5, 0.6) is 0 Å². The number of likely N-dealkylation sites (N-methyl/N-ethyl adjacent to an activating group) is 1. The van der Waals surface area contributed by atoms with Gasteiger partial charge < -0.3 is 5.32 Å². The number of hydrogen-bond acceptors (Lipinski definition) is 2. The quantitative estimate of drug-likeness (QED) is 0.771. The Bertz CT molecular complexity index is 539. The van der Waals surface area contributed by atoms with Crippen LogP contribution in [0.25, 0.3) is 0 Å². The molecule has 1 nitrogen and oxygen atoms in total. The Labute approximate surface area is 129 Å². The largest absolute Gasteiger partial charge is 0.309 e. The van der Waals surface area contributed by atoms with Gasteiger partial charge in [0.05, 0.1) is 8.81 Å². The van der Waals surface area contributed by atoms with E-state index in [4.69, 9.17) is 11.6 Å². The molecule has 1 aromatic heterocycles. The molecule has 19 heavy (non-hydrogen) atoms. The number of thiophene rings is 1. The lowest BCUT2D eigenvalue weighted by atomic mass is 10.0. The van der Waals surface area contributed by atoms with E-state index in [1.165, 1.54) is 6.07 Å². The number of halogens is 3. The zero-order valence-corrected chi connectivity index (χ0v) is 13.6. The lowest BCUT2D eigenvalue weighted by molar-refractivity contribution is 0.534. The van der Waals surface area contributed by atoms with Crippen LogP contribution in [0.15, 0.2) is 34.1 Å². The van der Waals surface area contributed by atoms with Gasteiger partial charge in [0, 0.05) is 10.9 Å². The van der Waals surface area contributed by atoms with E-state index >= 15 is 0 Å². The summed E-state index contributed by atoms with van der Waals surface area (Å²) in [6.07, 6.45) is 0.615. The van der Waals surface area contributed by atoms with Gasteiger partial charge in [0.1, 0.15) is 5.82 Å². The fraction of sp³-hybridized carbons (Fsp3) is 0.286. The molecule has 1 N–H and O–H groups in total. The van der Waals surface area contributed by atoms with Gasteiger partial charge in [0.2, 0.25) is 0 Å². The maximum Gasteiger partial charge on any atom is 0.126 e. The van der Waals surface area contributed by atoms with E-state index in [0.29, 0.717) is 17.0 Å². The molecule has 0 saturated heterocycles. The summed E-state index contributed by atoms with van der Waals surface area (Å²) in [6.45, 7) is 2.87. The van der Waals surface area contributed by atoms with Crippen molar-refractivity contribution in [2.75, 3.05) is 6.54 Å². The van der Waals surface area contributed by atoms with Gasteiger partial charge in [-0.1, -0.05) is 36.7 Å². The molecule has 0 radical (unpaired) electrons. The Morgan fingerprint density at radius 2 is 2.16 bits per heavy atom. The maximum absolute atomic E-state index is 13.7. The summed E-state index contributed by atoms with van der Waals surface area (Å²) >= 11 is 11.1. The van der Waals surface area contributed by atoms with Gasteiger partial charge in [-0.3, -0.25) is 0 Å². The molecule has 2 aromatic rings. The summed E-state index contributed by atoms with van der Waals surface area (Å²) in [5.74, 6) is -0.160. The molecule has 1 atom stereocenters. The van der Waals surface area contributed by atoms with Crippen LogP contribution in [0, 0.1) is 5.82 Å². The molecule has 0 aliphatic carbocycles. The first-order valence-electron chi connectivity index (χ1n) is 6.03. The Morgan fingerprint density at radius 1 is 1.42 bits per heavy atom. The van der Waals surface area contributed by atoms with Gasteiger partial charge in [0.25, 0.3) is 0 Å². The van der Waals surface area contributed by atoms with Crippen LogP contribution in [0.2, 0.25) is 5.02 Å². The molecule has 0 aliphatic rings. The Hall–Kier alpha value is -0.420. The van der Waals surface area contributed by atoms with Crippen molar-refractivity contribution in [2.45, 2.75) is 19.4 Å². The number of benzene rings is 1. The molecule has 0 saturated carbocycles. The van der Waals surface area contributed by atoms with Crippen molar-refractivity contribution in [3.05, 3.63) is 55.4 Å². The molecule has 5 heteroatoms. The van der Waals surface area contributed by atoms with Crippen molar-refractivity contribution in [1.29, 1.82) is 0 Å². The average Bonchev–Trinajstić information content (AvgIpc) is 2.72. The molecule has 2 rings (SSSR count). The SMILES string of the molecule is CCNC(Cc1ccccc1F)c1cc(Cl)c(Br)s1. The van der Waals surface area contributed by atoms with Crippen LogP contribution in [-0.2, 0) is 6.42 Å². The van der Waals surface area contributed by atoms with Crippen molar-refractivity contribution in [1.82, 2.24) is 5.32 Å². The first-order chi connectivity index (χ1) is 9.11. The predicted molar refractivity (Wildman–Crippen MR) is 83.6 cm³/mol. The zero-order chi connectivity index (χ0) is 13.8. The van der Waals surface area contributed by atoms with E-state index in [9.17, 15) is 4.39 Å². The summed E-state index contributed by atoms with van der Waals surface area (Å²) in [4.78, 5) is 1.11. The molecule has 1 aromatic carbocycles. The topological polar surface area (TPSA) is 12.0 Å². The first kappa shape index (κ1) is 15.0. The van der Waals surface area contributed by atoms with E-state index < -0.39 is 0 Å². The number of nitrogens with one attached hydrogen (secondary N) is 1. The number of rotatable bonds is 5. The second-order valence-corrected chi connectivity index (χ2v) is 6.99. The van der Waals surface area contributed by atoms with Crippen LogP contribution in [0.1, 0.15) is 23.4 Å². The van der Waals surface area contributed by atoms with Crippen LogP contribution in [0.3, 0.4) is 0 Å². The second-order valence-electron chi connectivity index (χ2n) is 4.18. The van der Waals surface area contributed by atoms with Crippen LogP contribution in [-0.4, -0.2) is 6.54 Å². The summed E-state index contributed by atoms with van der Waals surface area (Å²) in [6, 6.07) is 8.90. The summed E-state index contributed by atoms with van der Waals surface area (Å²) in [7, 11) is 0. The van der Waals surface area contributed by atoms with Gasteiger partial charge >= 0.3 is 0 Å². The summed E-state index contributed by atoms with van der Waals surface area (Å²) in [5.41, 5.74) is 0.717. The predicted octanol–water partition coefficient (Wildman–Crippen LogP) is 5.20. The van der Waals surface area contributed by atoms with Gasteiger partial charge in [-0.2, -0.15) is 0 Å². The van der Waals surface area contributed by atoms with Crippen molar-refractivity contribution in [2.24, 2.45) is 0 Å². The molecular weight excluding hydrogens is 349 g/mol. The third-order valence-corrected chi connectivity index (χ3v) is 5.43. The summed E-state index contributed by atoms with van der Waals surface area (Å²) < 4.78 is 14.6. The fourth-order valence-corrected chi connectivity index (χ4v) is 3.76. The molecule has 102 valence electrons. The highest BCUT2D eigenvalue weighted by Crippen LogP contribution is 2.36. The third-order valence-electron chi connectivity index (χ3n) is 2.84. The zero-order valence-electron chi connectivity index (χ0n) is 10.4. The molecule has 0 spiro atoms. The van der Waals surface area contributed by atoms with E-state index in [0.717, 1.165) is 15.2 Å². The van der Waals surface area contributed by atoms with E-state index in [-0.39, 0.29) is 11.9 Å². The molecule has 1 heterocycles. The monoisotopic (exact) mass is 361 g/mol. The van der Waals surface area contributed by atoms with Crippen molar-refractivity contribution in [3.63, 3.8) is 0 Å². The van der Waals surface area contributed by atoms with E-state index in [1.807, 2.05) is 25.1 Å². The third kappa shape index (κ3) is 3.78. The van der Waals surface area contributed by atoms with E-state index in [1.54, 1.807) is 17.4 Å². The van der Waals surface area contributed by atoms with Gasteiger partial charge in [0.15, 0.2) is 0 Å². The van der Waals surface area contributed by atoms with Crippen molar-refractivity contribution < 1.29 is 4.39 Å². The second kappa shape index (κ2) is 6.84.